The molecule has 0 aliphatic carbocycles. The molecule has 0 bridgehead atoms. The van der Waals surface area contributed by atoms with E-state index in [2.05, 4.69) is 5.32 Å². The summed E-state index contributed by atoms with van der Waals surface area (Å²) in [5, 5.41) is 3.33. The predicted molar refractivity (Wildman–Crippen MR) is 90.7 cm³/mol. The molecule has 2 aromatic carbocycles. The van der Waals surface area contributed by atoms with Crippen LogP contribution in [0.15, 0.2) is 42.5 Å². The third-order valence-electron chi connectivity index (χ3n) is 3.41. The van der Waals surface area contributed by atoms with E-state index in [4.69, 9.17) is 16.3 Å². The highest BCUT2D eigenvalue weighted by Crippen LogP contribution is 2.23. The van der Waals surface area contributed by atoms with Crippen molar-refractivity contribution in [2.24, 2.45) is 0 Å². The average molecular weight is 318 g/mol. The van der Waals surface area contributed by atoms with Gasteiger partial charge in [-0.05, 0) is 49.6 Å². The molecule has 2 aromatic rings. The number of halogens is 1. The molecule has 0 unspecified atom stereocenters. The van der Waals surface area contributed by atoms with E-state index in [9.17, 15) is 4.79 Å². The molecule has 1 amide bonds. The van der Waals surface area contributed by atoms with Gasteiger partial charge in [0.1, 0.15) is 5.75 Å². The van der Waals surface area contributed by atoms with Gasteiger partial charge < -0.3 is 10.1 Å². The number of hydrogen-bond acceptors (Lipinski definition) is 2. The largest absolute Gasteiger partial charge is 0.480 e. The van der Waals surface area contributed by atoms with Gasteiger partial charge in [0.25, 0.3) is 5.91 Å². The number of anilines is 1. The molecule has 1 atom stereocenters. The predicted octanol–water partition coefficient (Wildman–Crippen LogP) is 4.75. The maximum absolute atomic E-state index is 12.4. The van der Waals surface area contributed by atoms with Crippen LogP contribution in [0, 0.1) is 13.8 Å². The minimum absolute atomic E-state index is 0.198. The second-order valence-corrected chi connectivity index (χ2v) is 5.66. The SMILES string of the molecule is CC[C@H](Oc1cc(C)ccc1C)C(=O)Nc1ccccc1Cl. The summed E-state index contributed by atoms with van der Waals surface area (Å²) in [6, 6.07) is 13.1. The number of rotatable bonds is 5. The van der Waals surface area contributed by atoms with Gasteiger partial charge in [-0.25, -0.2) is 0 Å². The van der Waals surface area contributed by atoms with E-state index in [0.717, 1.165) is 16.9 Å². The van der Waals surface area contributed by atoms with Crippen molar-refractivity contribution in [3.05, 3.63) is 58.6 Å². The first kappa shape index (κ1) is 16.4. The zero-order chi connectivity index (χ0) is 16.1. The highest BCUT2D eigenvalue weighted by atomic mass is 35.5. The third-order valence-corrected chi connectivity index (χ3v) is 3.74. The van der Waals surface area contributed by atoms with E-state index in [-0.39, 0.29) is 5.91 Å². The first-order valence-corrected chi connectivity index (χ1v) is 7.68. The van der Waals surface area contributed by atoms with Gasteiger partial charge in [0.15, 0.2) is 6.10 Å². The van der Waals surface area contributed by atoms with Crippen LogP contribution in [0.4, 0.5) is 5.69 Å². The van der Waals surface area contributed by atoms with Crippen LogP contribution in [0.1, 0.15) is 24.5 Å². The number of nitrogens with one attached hydrogen (secondary N) is 1. The molecule has 0 spiro atoms. The molecule has 0 aliphatic rings. The standard InChI is InChI=1S/C18H20ClNO2/c1-4-16(22-17-11-12(2)9-10-13(17)3)18(21)20-15-8-6-5-7-14(15)19/h5-11,16H,4H2,1-3H3,(H,20,21)/t16-/m0/s1. The second-order valence-electron chi connectivity index (χ2n) is 5.25. The molecule has 0 radical (unpaired) electrons. The van der Waals surface area contributed by atoms with E-state index in [1.54, 1.807) is 12.1 Å². The lowest BCUT2D eigenvalue weighted by Gasteiger charge is -2.19. The van der Waals surface area contributed by atoms with E-state index >= 15 is 0 Å². The van der Waals surface area contributed by atoms with Crippen molar-refractivity contribution in [3.63, 3.8) is 0 Å². The first-order valence-electron chi connectivity index (χ1n) is 7.30. The van der Waals surface area contributed by atoms with Gasteiger partial charge in [-0.1, -0.05) is 42.8 Å². The van der Waals surface area contributed by atoms with Crippen molar-refractivity contribution in [1.82, 2.24) is 0 Å². The fourth-order valence-electron chi connectivity index (χ4n) is 2.09. The summed E-state index contributed by atoms with van der Waals surface area (Å²) in [5.41, 5.74) is 2.70. The number of aryl methyl sites for hydroxylation is 2. The fourth-order valence-corrected chi connectivity index (χ4v) is 2.27. The summed E-state index contributed by atoms with van der Waals surface area (Å²) in [7, 11) is 0. The van der Waals surface area contributed by atoms with Crippen molar-refractivity contribution in [1.29, 1.82) is 0 Å². The smallest absolute Gasteiger partial charge is 0.265 e. The maximum atomic E-state index is 12.4. The Labute approximate surface area is 136 Å². The second kappa shape index (κ2) is 7.32. The van der Waals surface area contributed by atoms with Crippen molar-refractivity contribution in [3.8, 4) is 5.75 Å². The zero-order valence-corrected chi connectivity index (χ0v) is 13.8. The number of benzene rings is 2. The van der Waals surface area contributed by atoms with E-state index in [0.29, 0.717) is 17.1 Å². The number of amides is 1. The van der Waals surface area contributed by atoms with Crippen LogP contribution in [0.25, 0.3) is 0 Å². The quantitative estimate of drug-likeness (QED) is 0.864. The van der Waals surface area contributed by atoms with E-state index < -0.39 is 6.10 Å². The van der Waals surface area contributed by atoms with Crippen LogP contribution in [-0.2, 0) is 4.79 Å². The summed E-state index contributed by atoms with van der Waals surface area (Å²) in [6.07, 6.45) is 0.0145. The van der Waals surface area contributed by atoms with E-state index in [1.165, 1.54) is 0 Å². The molecule has 116 valence electrons. The molecule has 0 saturated heterocycles. The minimum atomic E-state index is -0.559. The molecule has 0 saturated carbocycles. The average Bonchev–Trinajstić information content (AvgIpc) is 2.50. The highest BCUT2D eigenvalue weighted by molar-refractivity contribution is 6.33. The molecule has 3 nitrogen and oxygen atoms in total. The topological polar surface area (TPSA) is 38.3 Å². The Balaban J connectivity index is 2.12. The Hall–Kier alpha value is -2.00. The lowest BCUT2D eigenvalue weighted by molar-refractivity contribution is -0.122. The first-order chi connectivity index (χ1) is 10.5. The monoisotopic (exact) mass is 317 g/mol. The normalized spacial score (nSPS) is 11.8. The van der Waals surface area contributed by atoms with Gasteiger partial charge >= 0.3 is 0 Å². The molecule has 1 N–H and O–H groups in total. The zero-order valence-electron chi connectivity index (χ0n) is 13.0. The van der Waals surface area contributed by atoms with Crippen molar-refractivity contribution in [2.45, 2.75) is 33.3 Å². The Kier molecular flexibility index (Phi) is 5.45. The molecule has 22 heavy (non-hydrogen) atoms. The fraction of sp³-hybridized carbons (Fsp3) is 0.278. The van der Waals surface area contributed by atoms with Crippen LogP contribution in [0.3, 0.4) is 0 Å². The summed E-state index contributed by atoms with van der Waals surface area (Å²) in [4.78, 5) is 12.4. The van der Waals surface area contributed by atoms with Gasteiger partial charge in [-0.15, -0.1) is 0 Å². The van der Waals surface area contributed by atoms with Gasteiger partial charge in [0, 0.05) is 0 Å². The summed E-state index contributed by atoms with van der Waals surface area (Å²) < 4.78 is 5.89. The van der Waals surface area contributed by atoms with Crippen LogP contribution in [0.2, 0.25) is 5.02 Å². The molecule has 2 rings (SSSR count). The lowest BCUT2D eigenvalue weighted by atomic mass is 10.1. The van der Waals surface area contributed by atoms with Gasteiger partial charge in [-0.3, -0.25) is 4.79 Å². The number of ether oxygens (including phenoxy) is 1. The molecule has 0 fully saturated rings. The summed E-state index contributed by atoms with van der Waals surface area (Å²) in [5.74, 6) is 0.540. The van der Waals surface area contributed by atoms with Gasteiger partial charge in [-0.2, -0.15) is 0 Å². The Morgan fingerprint density at radius 1 is 1.23 bits per heavy atom. The summed E-state index contributed by atoms with van der Waals surface area (Å²) >= 11 is 6.07. The van der Waals surface area contributed by atoms with Crippen molar-refractivity contribution >= 4 is 23.2 Å². The minimum Gasteiger partial charge on any atom is -0.480 e. The number of hydrogen-bond donors (Lipinski definition) is 1. The number of carbonyl (C=O) groups excluding carboxylic acids is 1. The number of carbonyl (C=O) groups is 1. The molecular formula is C18H20ClNO2. The van der Waals surface area contributed by atoms with Crippen LogP contribution < -0.4 is 10.1 Å². The van der Waals surface area contributed by atoms with Crippen LogP contribution in [0.5, 0.6) is 5.75 Å². The van der Waals surface area contributed by atoms with Crippen LogP contribution >= 0.6 is 11.6 Å². The van der Waals surface area contributed by atoms with Crippen molar-refractivity contribution < 1.29 is 9.53 Å². The Morgan fingerprint density at radius 3 is 2.64 bits per heavy atom. The van der Waals surface area contributed by atoms with E-state index in [1.807, 2.05) is 51.1 Å². The Morgan fingerprint density at radius 2 is 1.95 bits per heavy atom. The highest BCUT2D eigenvalue weighted by Gasteiger charge is 2.20. The molecule has 0 aliphatic heterocycles. The lowest BCUT2D eigenvalue weighted by Crippen LogP contribution is -2.32. The van der Waals surface area contributed by atoms with Crippen LogP contribution in [-0.4, -0.2) is 12.0 Å². The molecular weight excluding hydrogens is 298 g/mol. The third kappa shape index (κ3) is 4.01. The van der Waals surface area contributed by atoms with Gasteiger partial charge in [0.05, 0.1) is 10.7 Å². The maximum Gasteiger partial charge on any atom is 0.265 e. The molecule has 0 aromatic heterocycles. The molecule has 0 heterocycles. The Bertz CT molecular complexity index is 670. The van der Waals surface area contributed by atoms with Crippen molar-refractivity contribution in [2.75, 3.05) is 5.32 Å². The van der Waals surface area contributed by atoms with Gasteiger partial charge in [0.2, 0.25) is 0 Å². The molecule has 4 heteroatoms. The summed E-state index contributed by atoms with van der Waals surface area (Å²) in [6.45, 7) is 5.88. The number of para-hydroxylation sites is 1.